The smallest absolute Gasteiger partial charge is 0.762 e. The Morgan fingerprint density at radius 1 is 0.725 bits per heavy atom. The third-order valence-corrected chi connectivity index (χ3v) is 8.23. The molecule has 0 atom stereocenters. The van der Waals surface area contributed by atoms with Crippen molar-refractivity contribution in [1.29, 1.82) is 10.5 Å². The van der Waals surface area contributed by atoms with Gasteiger partial charge in [0.25, 0.3) is 0 Å². The van der Waals surface area contributed by atoms with Crippen molar-refractivity contribution in [3.05, 3.63) is 161 Å². The summed E-state index contributed by atoms with van der Waals surface area (Å²) in [5.74, 6) is 1.83. The molecule has 0 aliphatic heterocycles. The molecule has 40 heavy (non-hydrogen) atoms. The summed E-state index contributed by atoms with van der Waals surface area (Å²) in [5, 5.41) is 30.1. The molecular weight excluding hydrogens is 572 g/mol. The maximum atomic E-state index is 9.55. The molecular formula is C33H20FeN4S2. The fourth-order valence-electron chi connectivity index (χ4n) is 4.15. The number of benzene rings is 1. The van der Waals surface area contributed by atoms with Crippen LogP contribution in [0.2, 0.25) is 0 Å². The van der Waals surface area contributed by atoms with Crippen molar-refractivity contribution in [2.24, 2.45) is 0 Å². The molecule has 4 nitrogen and oxygen atoms in total. The van der Waals surface area contributed by atoms with Crippen molar-refractivity contribution >= 4 is 39.7 Å². The minimum atomic E-state index is -0.173. The van der Waals surface area contributed by atoms with Crippen molar-refractivity contribution in [3.63, 3.8) is 0 Å². The van der Waals surface area contributed by atoms with E-state index in [1.165, 1.54) is 21.4 Å². The molecule has 5 aromatic rings. The molecule has 0 saturated carbocycles. The van der Waals surface area contributed by atoms with E-state index in [0.29, 0.717) is 4.53 Å². The molecule has 0 N–H and O–H groups in total. The number of allylic oxidation sites excluding steroid dienone is 5. The second-order valence-corrected chi connectivity index (χ2v) is 10.5. The van der Waals surface area contributed by atoms with Gasteiger partial charge in [-0.15, -0.1) is 22.7 Å². The number of hydrogen-bond donors (Lipinski definition) is 0. The molecule has 1 aliphatic rings. The third kappa shape index (κ3) is 6.01. The molecule has 0 unspecified atom stereocenters. The largest absolute Gasteiger partial charge is 2.00 e. The average molecular weight is 593 g/mol. The molecule has 2 aromatic carbocycles. The predicted molar refractivity (Wildman–Crippen MR) is 159 cm³/mol. The Labute approximate surface area is 249 Å². The van der Waals surface area contributed by atoms with Gasteiger partial charge in [-0.25, -0.2) is 18.0 Å². The Morgan fingerprint density at radius 2 is 1.35 bits per heavy atom. The Balaban J connectivity index is 0.000000557. The van der Waals surface area contributed by atoms with Gasteiger partial charge >= 0.3 is 17.1 Å². The Bertz CT molecular complexity index is 2110. The summed E-state index contributed by atoms with van der Waals surface area (Å²) >= 11 is 3.14. The fraction of sp³-hybridized carbons (Fsp3) is 0. The van der Waals surface area contributed by atoms with Crippen LogP contribution in [0.1, 0.15) is 0 Å². The molecule has 7 heteroatoms. The van der Waals surface area contributed by atoms with E-state index in [0.717, 1.165) is 25.5 Å². The number of rotatable bonds is 2. The second-order valence-electron chi connectivity index (χ2n) is 8.32. The van der Waals surface area contributed by atoms with Crippen molar-refractivity contribution < 1.29 is 17.1 Å². The quantitative estimate of drug-likeness (QED) is 0.106. The van der Waals surface area contributed by atoms with Crippen molar-refractivity contribution in [1.82, 2.24) is 4.57 Å². The van der Waals surface area contributed by atoms with Gasteiger partial charge < -0.3 is 9.98 Å². The van der Waals surface area contributed by atoms with Crippen LogP contribution in [-0.4, -0.2) is 10.4 Å². The van der Waals surface area contributed by atoms with E-state index in [1.54, 1.807) is 17.4 Å². The first kappa shape index (κ1) is 28.4. The van der Waals surface area contributed by atoms with Crippen LogP contribution in [0.15, 0.2) is 127 Å². The minimum Gasteiger partial charge on any atom is -0.762 e. The van der Waals surface area contributed by atoms with Crippen LogP contribution in [0.3, 0.4) is 0 Å². The van der Waals surface area contributed by atoms with Crippen LogP contribution in [0, 0.1) is 42.4 Å². The van der Waals surface area contributed by atoms with Crippen LogP contribution in [0.4, 0.5) is 0 Å². The van der Waals surface area contributed by atoms with Gasteiger partial charge in [-0.1, -0.05) is 42.5 Å². The summed E-state index contributed by atoms with van der Waals surface area (Å²) in [6.07, 6.45) is 8.31. The van der Waals surface area contributed by atoms with Gasteiger partial charge in [0.15, 0.2) is 0 Å². The molecule has 1 aliphatic carbocycles. The Kier molecular flexibility index (Phi) is 9.57. The first-order valence-electron chi connectivity index (χ1n) is 12.0. The van der Waals surface area contributed by atoms with Gasteiger partial charge in [-0.3, -0.25) is 0 Å². The maximum absolute atomic E-state index is 9.55. The molecule has 3 heterocycles. The van der Waals surface area contributed by atoms with E-state index in [2.05, 4.69) is 53.1 Å². The average Bonchev–Trinajstić information content (AvgIpc) is 3.82. The van der Waals surface area contributed by atoms with E-state index in [1.807, 2.05) is 84.8 Å². The summed E-state index contributed by atoms with van der Waals surface area (Å²) < 4.78 is 6.12. The molecule has 192 valence electrons. The molecule has 0 bridgehead atoms. The summed E-state index contributed by atoms with van der Waals surface area (Å²) in [6.45, 7) is 0. The molecule has 0 radical (unpaired) electrons. The van der Waals surface area contributed by atoms with Crippen LogP contribution in [-0.2, 0) is 17.1 Å². The van der Waals surface area contributed by atoms with Crippen LogP contribution >= 0.6 is 22.7 Å². The zero-order valence-electron chi connectivity index (χ0n) is 21.0. The van der Waals surface area contributed by atoms with E-state index in [9.17, 15) is 15.9 Å². The standard InChI is InChI=1S/C28H15N4S2.C5H5.Fe/c29-16-20(17-30)22(18-31)26-13-15-28(34-26)24-11-10-23(32(24)21-8-2-1-3-9-21)27-14-12-25(33-27)19-6-4-5-7-19;1-2-4-5-3-1;/h1-15H;1-5H;/q2*-1;+2. The van der Waals surface area contributed by atoms with E-state index < -0.39 is 0 Å². The number of aromatic nitrogens is 1. The van der Waals surface area contributed by atoms with Gasteiger partial charge in [-0.2, -0.15) is 28.7 Å². The number of thiophene rings is 2. The van der Waals surface area contributed by atoms with Gasteiger partial charge in [0, 0.05) is 14.8 Å². The van der Waals surface area contributed by atoms with E-state index in [-0.39, 0.29) is 28.2 Å². The molecule has 3 aromatic heterocycles. The number of nitrogens with zero attached hydrogens (tertiary/aromatic N) is 4. The molecule has 0 amide bonds. The van der Waals surface area contributed by atoms with Gasteiger partial charge in [0.1, 0.15) is 12.1 Å². The molecule has 0 saturated heterocycles. The summed E-state index contributed by atoms with van der Waals surface area (Å²) in [6, 6.07) is 36.2. The Morgan fingerprint density at radius 3 is 1.93 bits per heavy atom. The van der Waals surface area contributed by atoms with E-state index in [4.69, 9.17) is 0 Å². The van der Waals surface area contributed by atoms with Crippen LogP contribution in [0.5, 0.6) is 0 Å². The zero-order chi connectivity index (χ0) is 27.0. The third-order valence-electron chi connectivity index (χ3n) is 5.95. The van der Waals surface area contributed by atoms with Crippen molar-refractivity contribution in [3.8, 4) is 17.8 Å². The zero-order valence-corrected chi connectivity index (χ0v) is 23.7. The predicted octanol–water partition coefficient (Wildman–Crippen LogP) is 6.22. The van der Waals surface area contributed by atoms with Crippen LogP contribution in [0.25, 0.3) is 22.2 Å². The first-order valence-corrected chi connectivity index (χ1v) is 13.7. The van der Waals surface area contributed by atoms with Gasteiger partial charge in [0.05, 0.1) is 30.9 Å². The molecule has 0 fully saturated rings. The summed E-state index contributed by atoms with van der Waals surface area (Å²) in [5.41, 5.74) is 2.17. The van der Waals surface area contributed by atoms with E-state index >= 15 is 0 Å². The molecule has 0 spiro atoms. The summed E-state index contributed by atoms with van der Waals surface area (Å²) in [4.78, 5) is 0. The Hall–Kier alpha value is -4.58. The van der Waals surface area contributed by atoms with Crippen LogP contribution < -0.4 is 9.06 Å². The second kappa shape index (κ2) is 13.5. The topological polar surface area (TPSA) is 74.8 Å². The maximum Gasteiger partial charge on any atom is 2.00 e. The monoisotopic (exact) mass is 592 g/mol. The fourth-order valence-corrected chi connectivity index (χ4v) is 6.20. The first-order chi connectivity index (χ1) is 19.2. The molecule has 6 rings (SSSR count). The summed E-state index contributed by atoms with van der Waals surface area (Å²) in [7, 11) is 0. The number of nitriles is 2. The number of para-hydroxylation sites is 1. The minimum absolute atomic E-state index is 0. The SMILES string of the molecule is N#CC(=C=[N-])C(C#N)=c1ccc(=c2ccc(=c3ccc(=C4C=CC=C4)s3)n2-c2ccccc2)s1.[Fe+2].c1cc[cH-]c1. The van der Waals surface area contributed by atoms with Crippen molar-refractivity contribution in [2.75, 3.05) is 0 Å². The van der Waals surface area contributed by atoms with Gasteiger partial charge in [0.2, 0.25) is 0 Å². The van der Waals surface area contributed by atoms with Gasteiger partial charge in [-0.05, 0) is 54.1 Å². The normalized spacial score (nSPS) is 13.7. The number of hydrogen-bond acceptors (Lipinski definition) is 4. The van der Waals surface area contributed by atoms with Crippen molar-refractivity contribution in [2.45, 2.75) is 0 Å².